The predicted octanol–water partition coefficient (Wildman–Crippen LogP) is 2.24. The minimum absolute atomic E-state index is 0.501. The van der Waals surface area contributed by atoms with Crippen LogP contribution in [0.4, 0.5) is 0 Å². The molecule has 0 bridgehead atoms. The Bertz CT molecular complexity index is 185. The van der Waals surface area contributed by atoms with Gasteiger partial charge in [0.2, 0.25) is 0 Å². The van der Waals surface area contributed by atoms with Gasteiger partial charge in [0, 0.05) is 19.1 Å². The maximum Gasteiger partial charge on any atom is 0.00390 e. The molecule has 2 fully saturated rings. The summed E-state index contributed by atoms with van der Waals surface area (Å²) < 4.78 is 0. The van der Waals surface area contributed by atoms with Gasteiger partial charge < -0.3 is 10.6 Å². The lowest BCUT2D eigenvalue weighted by atomic mass is 9.85. The lowest BCUT2D eigenvalue weighted by molar-refractivity contribution is 0.141. The highest BCUT2D eigenvalue weighted by molar-refractivity contribution is 4.78. The topological polar surface area (TPSA) is 29.3 Å². The molecule has 0 aromatic heterocycles. The van der Waals surface area contributed by atoms with E-state index in [1.165, 1.54) is 58.2 Å². The molecule has 1 atom stereocenters. The van der Waals surface area contributed by atoms with Crippen molar-refractivity contribution in [2.75, 3.05) is 19.6 Å². The van der Waals surface area contributed by atoms with Crippen molar-refractivity contribution in [3.8, 4) is 0 Å². The Morgan fingerprint density at radius 3 is 2.53 bits per heavy atom. The molecule has 1 aliphatic heterocycles. The second-order valence-corrected chi connectivity index (χ2v) is 5.79. The highest BCUT2D eigenvalue weighted by atomic mass is 15.1. The van der Waals surface area contributed by atoms with Crippen LogP contribution in [0, 0.1) is 11.8 Å². The van der Waals surface area contributed by atoms with Crippen molar-refractivity contribution >= 4 is 0 Å². The molecule has 88 valence electrons. The molecule has 0 aromatic carbocycles. The quantitative estimate of drug-likeness (QED) is 0.757. The third-order valence-electron chi connectivity index (χ3n) is 4.15. The van der Waals surface area contributed by atoms with Crippen LogP contribution in [0.15, 0.2) is 0 Å². The van der Waals surface area contributed by atoms with Gasteiger partial charge in [0.25, 0.3) is 0 Å². The number of nitrogens with zero attached hydrogens (tertiary/aromatic N) is 1. The van der Waals surface area contributed by atoms with Crippen molar-refractivity contribution in [2.24, 2.45) is 17.6 Å². The molecule has 1 heterocycles. The maximum absolute atomic E-state index is 5.94. The van der Waals surface area contributed by atoms with E-state index >= 15 is 0 Å². The summed E-state index contributed by atoms with van der Waals surface area (Å²) in [7, 11) is 0. The summed E-state index contributed by atoms with van der Waals surface area (Å²) in [4.78, 5) is 2.69. The Balaban J connectivity index is 1.71. The van der Waals surface area contributed by atoms with E-state index in [9.17, 15) is 0 Å². The molecular weight excluding hydrogens is 184 g/mol. The standard InChI is InChI=1S/C13H26N2/c1-11-3-2-8-15(9-11)10-12-4-6-13(14)7-5-12/h11-13H,2-10,14H2,1H3. The molecule has 1 unspecified atom stereocenters. The molecule has 0 amide bonds. The van der Waals surface area contributed by atoms with E-state index in [1.54, 1.807) is 0 Å². The van der Waals surface area contributed by atoms with E-state index in [0.29, 0.717) is 6.04 Å². The van der Waals surface area contributed by atoms with Crippen molar-refractivity contribution in [2.45, 2.75) is 51.5 Å². The first kappa shape index (κ1) is 11.4. The molecule has 1 saturated heterocycles. The van der Waals surface area contributed by atoms with Crippen LogP contribution < -0.4 is 5.73 Å². The van der Waals surface area contributed by atoms with Gasteiger partial charge in [0.1, 0.15) is 0 Å². The van der Waals surface area contributed by atoms with Gasteiger partial charge in [0.05, 0.1) is 0 Å². The molecular formula is C13H26N2. The van der Waals surface area contributed by atoms with Crippen LogP contribution in [0.5, 0.6) is 0 Å². The molecule has 2 aliphatic rings. The van der Waals surface area contributed by atoms with Crippen molar-refractivity contribution in [3.63, 3.8) is 0 Å². The van der Waals surface area contributed by atoms with Crippen LogP contribution in [0.3, 0.4) is 0 Å². The van der Waals surface area contributed by atoms with Crippen LogP contribution in [0.25, 0.3) is 0 Å². The molecule has 1 saturated carbocycles. The van der Waals surface area contributed by atoms with E-state index in [1.807, 2.05) is 0 Å². The Hall–Kier alpha value is -0.0800. The van der Waals surface area contributed by atoms with Crippen LogP contribution in [-0.2, 0) is 0 Å². The number of nitrogens with two attached hydrogens (primary N) is 1. The Morgan fingerprint density at radius 1 is 1.13 bits per heavy atom. The van der Waals surface area contributed by atoms with E-state index < -0.39 is 0 Å². The number of likely N-dealkylation sites (tertiary alicyclic amines) is 1. The van der Waals surface area contributed by atoms with Gasteiger partial charge in [0.15, 0.2) is 0 Å². The molecule has 15 heavy (non-hydrogen) atoms. The van der Waals surface area contributed by atoms with Gasteiger partial charge in [-0.2, -0.15) is 0 Å². The van der Waals surface area contributed by atoms with E-state index in [2.05, 4.69) is 11.8 Å². The summed E-state index contributed by atoms with van der Waals surface area (Å²) in [6.45, 7) is 6.41. The Kier molecular flexibility index (Phi) is 4.04. The Labute approximate surface area is 94.2 Å². The summed E-state index contributed by atoms with van der Waals surface area (Å²) in [5.74, 6) is 1.86. The monoisotopic (exact) mass is 210 g/mol. The fourth-order valence-corrected chi connectivity index (χ4v) is 3.19. The second-order valence-electron chi connectivity index (χ2n) is 5.79. The lowest BCUT2D eigenvalue weighted by Gasteiger charge is -2.35. The number of hydrogen-bond acceptors (Lipinski definition) is 2. The highest BCUT2D eigenvalue weighted by Crippen LogP contribution is 2.25. The number of piperidine rings is 1. The van der Waals surface area contributed by atoms with Gasteiger partial charge in [-0.15, -0.1) is 0 Å². The average Bonchev–Trinajstić information content (AvgIpc) is 2.22. The maximum atomic E-state index is 5.94. The molecule has 2 nitrogen and oxygen atoms in total. The largest absolute Gasteiger partial charge is 0.328 e. The Morgan fingerprint density at radius 2 is 1.87 bits per heavy atom. The first-order chi connectivity index (χ1) is 7.24. The van der Waals surface area contributed by atoms with Gasteiger partial charge in [-0.25, -0.2) is 0 Å². The van der Waals surface area contributed by atoms with Crippen molar-refractivity contribution in [3.05, 3.63) is 0 Å². The van der Waals surface area contributed by atoms with E-state index in [4.69, 9.17) is 5.73 Å². The van der Waals surface area contributed by atoms with Gasteiger partial charge >= 0.3 is 0 Å². The normalized spacial score (nSPS) is 39.2. The first-order valence-corrected chi connectivity index (χ1v) is 6.72. The predicted molar refractivity (Wildman–Crippen MR) is 64.8 cm³/mol. The molecule has 0 radical (unpaired) electrons. The zero-order valence-electron chi connectivity index (χ0n) is 10.1. The van der Waals surface area contributed by atoms with E-state index in [-0.39, 0.29) is 0 Å². The molecule has 2 N–H and O–H groups in total. The van der Waals surface area contributed by atoms with E-state index in [0.717, 1.165) is 11.8 Å². The minimum atomic E-state index is 0.501. The van der Waals surface area contributed by atoms with Gasteiger partial charge in [-0.3, -0.25) is 0 Å². The van der Waals surface area contributed by atoms with Crippen LogP contribution >= 0.6 is 0 Å². The molecule has 2 heteroatoms. The van der Waals surface area contributed by atoms with Crippen molar-refractivity contribution in [1.82, 2.24) is 4.90 Å². The second kappa shape index (κ2) is 5.31. The number of hydrogen-bond donors (Lipinski definition) is 1. The zero-order chi connectivity index (χ0) is 10.7. The summed E-state index contributed by atoms with van der Waals surface area (Å²) in [6.07, 6.45) is 8.10. The summed E-state index contributed by atoms with van der Waals surface area (Å²) in [6, 6.07) is 0.501. The average molecular weight is 210 g/mol. The fraction of sp³-hybridized carbons (Fsp3) is 1.00. The third-order valence-corrected chi connectivity index (χ3v) is 4.15. The summed E-state index contributed by atoms with van der Waals surface area (Å²) in [5, 5.41) is 0. The van der Waals surface area contributed by atoms with Crippen LogP contribution in [0.2, 0.25) is 0 Å². The fourth-order valence-electron chi connectivity index (χ4n) is 3.19. The highest BCUT2D eigenvalue weighted by Gasteiger charge is 2.23. The van der Waals surface area contributed by atoms with Crippen LogP contribution in [-0.4, -0.2) is 30.6 Å². The zero-order valence-corrected chi connectivity index (χ0v) is 10.1. The van der Waals surface area contributed by atoms with Crippen molar-refractivity contribution in [1.29, 1.82) is 0 Å². The van der Waals surface area contributed by atoms with Gasteiger partial charge in [-0.1, -0.05) is 6.92 Å². The van der Waals surface area contributed by atoms with Crippen LogP contribution in [0.1, 0.15) is 45.4 Å². The first-order valence-electron chi connectivity index (χ1n) is 6.72. The third kappa shape index (κ3) is 3.46. The molecule has 0 spiro atoms. The summed E-state index contributed by atoms with van der Waals surface area (Å²) >= 11 is 0. The molecule has 0 aromatic rings. The van der Waals surface area contributed by atoms with Gasteiger partial charge in [-0.05, 0) is 56.9 Å². The number of rotatable bonds is 2. The lowest BCUT2D eigenvalue weighted by Crippen LogP contribution is -2.39. The van der Waals surface area contributed by atoms with Crippen molar-refractivity contribution < 1.29 is 0 Å². The summed E-state index contributed by atoms with van der Waals surface area (Å²) in [5.41, 5.74) is 5.94. The SMILES string of the molecule is CC1CCCN(CC2CCC(N)CC2)C1. The minimum Gasteiger partial charge on any atom is -0.328 e. The molecule has 2 rings (SSSR count). The molecule has 1 aliphatic carbocycles. The smallest absolute Gasteiger partial charge is 0.00390 e.